The van der Waals surface area contributed by atoms with Crippen LogP contribution in [0.3, 0.4) is 0 Å². The van der Waals surface area contributed by atoms with Crippen molar-refractivity contribution in [2.45, 2.75) is 45.3 Å². The molecule has 0 spiro atoms. The number of methoxy groups -OCH3 is 1. The Morgan fingerprint density at radius 1 is 1.16 bits per heavy atom. The van der Waals surface area contributed by atoms with Crippen LogP contribution in [0.5, 0.6) is 0 Å². The number of rotatable bonds is 8. The second kappa shape index (κ2) is 9.13. The molecule has 0 radical (unpaired) electrons. The second-order valence-electron chi connectivity index (χ2n) is 3.93. The molecule has 2 atom stereocenters. The molecule has 0 rings (SSSR count). The highest BCUT2D eigenvalue weighted by molar-refractivity contribution is 5.69. The van der Waals surface area contributed by atoms with Crippen LogP contribution in [-0.4, -0.2) is 37.2 Å². The van der Waals surface area contributed by atoms with Gasteiger partial charge in [0.05, 0.1) is 7.11 Å². The molecule has 0 saturated heterocycles. The summed E-state index contributed by atoms with van der Waals surface area (Å²) in [7, 11) is 1.30. The number of ether oxygens (including phenoxy) is 3. The smallest absolute Gasteiger partial charge is 0.305 e. The van der Waals surface area contributed by atoms with Crippen molar-refractivity contribution < 1.29 is 28.6 Å². The maximum absolute atomic E-state index is 11.0. The van der Waals surface area contributed by atoms with E-state index in [2.05, 4.69) is 11.3 Å². The minimum Gasteiger partial charge on any atom is -0.469 e. The topological polar surface area (TPSA) is 78.9 Å². The summed E-state index contributed by atoms with van der Waals surface area (Å²) in [5, 5.41) is 0. The maximum atomic E-state index is 11.0. The lowest BCUT2D eigenvalue weighted by Crippen LogP contribution is -2.33. The highest BCUT2D eigenvalue weighted by atomic mass is 16.6. The summed E-state index contributed by atoms with van der Waals surface area (Å²) in [4.78, 5) is 33.0. The van der Waals surface area contributed by atoms with Gasteiger partial charge in [-0.25, -0.2) is 0 Å². The van der Waals surface area contributed by atoms with Gasteiger partial charge in [-0.2, -0.15) is 0 Å². The summed E-state index contributed by atoms with van der Waals surface area (Å²) < 4.78 is 14.6. The molecule has 0 fully saturated rings. The van der Waals surface area contributed by atoms with Crippen molar-refractivity contribution in [2.75, 3.05) is 7.11 Å². The van der Waals surface area contributed by atoms with E-state index in [9.17, 15) is 14.4 Å². The van der Waals surface area contributed by atoms with E-state index in [1.807, 2.05) is 0 Å². The zero-order valence-electron chi connectivity index (χ0n) is 11.5. The normalized spacial score (nSPS) is 13.0. The average Bonchev–Trinajstić information content (AvgIpc) is 2.33. The molecule has 0 heterocycles. The van der Waals surface area contributed by atoms with Crippen LogP contribution in [0.4, 0.5) is 0 Å². The van der Waals surface area contributed by atoms with Gasteiger partial charge in [0, 0.05) is 20.3 Å². The first-order chi connectivity index (χ1) is 8.90. The molecule has 6 nitrogen and oxygen atoms in total. The van der Waals surface area contributed by atoms with Crippen LogP contribution >= 0.6 is 0 Å². The van der Waals surface area contributed by atoms with Crippen LogP contribution in [0, 0.1) is 0 Å². The standard InChI is InChI=1S/C13H20O6/c1-5-11(18-9(2)14)12(19-10(3)15)7-6-8-13(16)17-4/h5,11-12H,1,6-8H2,2-4H3/t11-,12+/m1/s1. The Labute approximate surface area is 112 Å². The third-order valence-corrected chi connectivity index (χ3v) is 2.32. The lowest BCUT2D eigenvalue weighted by atomic mass is 10.1. The third-order valence-electron chi connectivity index (χ3n) is 2.32. The van der Waals surface area contributed by atoms with E-state index in [1.165, 1.54) is 27.0 Å². The molecule has 0 amide bonds. The van der Waals surface area contributed by atoms with Gasteiger partial charge in [-0.1, -0.05) is 6.58 Å². The van der Waals surface area contributed by atoms with Crippen molar-refractivity contribution in [2.24, 2.45) is 0 Å². The van der Waals surface area contributed by atoms with Crippen molar-refractivity contribution >= 4 is 17.9 Å². The molecule has 0 aromatic rings. The van der Waals surface area contributed by atoms with Crippen molar-refractivity contribution in [3.63, 3.8) is 0 Å². The van der Waals surface area contributed by atoms with Crippen molar-refractivity contribution in [1.82, 2.24) is 0 Å². The van der Waals surface area contributed by atoms with Gasteiger partial charge >= 0.3 is 17.9 Å². The molecule has 0 saturated carbocycles. The number of carbonyl (C=O) groups is 3. The first-order valence-electron chi connectivity index (χ1n) is 5.94. The summed E-state index contributed by atoms with van der Waals surface area (Å²) in [6.45, 7) is 6.07. The molecule has 0 aliphatic heterocycles. The fourth-order valence-corrected chi connectivity index (χ4v) is 1.52. The van der Waals surface area contributed by atoms with E-state index < -0.39 is 24.1 Å². The average molecular weight is 272 g/mol. The molecular weight excluding hydrogens is 252 g/mol. The molecule has 0 aromatic heterocycles. The van der Waals surface area contributed by atoms with Crippen LogP contribution < -0.4 is 0 Å². The van der Waals surface area contributed by atoms with Gasteiger partial charge in [0.2, 0.25) is 0 Å². The van der Waals surface area contributed by atoms with Gasteiger partial charge in [-0.3, -0.25) is 14.4 Å². The summed E-state index contributed by atoms with van der Waals surface area (Å²) in [5.41, 5.74) is 0. The Bertz CT molecular complexity index is 336. The Balaban J connectivity index is 4.50. The Morgan fingerprint density at radius 2 is 1.74 bits per heavy atom. The molecule has 0 aromatic carbocycles. The molecule has 0 N–H and O–H groups in total. The molecular formula is C13H20O6. The van der Waals surface area contributed by atoms with Crippen molar-refractivity contribution in [3.05, 3.63) is 12.7 Å². The molecule has 19 heavy (non-hydrogen) atoms. The quantitative estimate of drug-likeness (QED) is 0.377. The predicted molar refractivity (Wildman–Crippen MR) is 67.2 cm³/mol. The van der Waals surface area contributed by atoms with Crippen molar-refractivity contribution in [3.8, 4) is 0 Å². The fourth-order valence-electron chi connectivity index (χ4n) is 1.52. The molecule has 0 unspecified atom stereocenters. The summed E-state index contributed by atoms with van der Waals surface area (Å²) >= 11 is 0. The van der Waals surface area contributed by atoms with Gasteiger partial charge in [-0.05, 0) is 18.9 Å². The highest BCUT2D eigenvalue weighted by Gasteiger charge is 2.24. The van der Waals surface area contributed by atoms with E-state index >= 15 is 0 Å². The van der Waals surface area contributed by atoms with Crippen LogP contribution in [0.2, 0.25) is 0 Å². The van der Waals surface area contributed by atoms with E-state index in [1.54, 1.807) is 0 Å². The maximum Gasteiger partial charge on any atom is 0.305 e. The van der Waals surface area contributed by atoms with E-state index in [0.29, 0.717) is 12.8 Å². The van der Waals surface area contributed by atoms with Gasteiger partial charge < -0.3 is 14.2 Å². The minimum absolute atomic E-state index is 0.207. The van der Waals surface area contributed by atoms with Crippen LogP contribution in [0.25, 0.3) is 0 Å². The highest BCUT2D eigenvalue weighted by Crippen LogP contribution is 2.14. The summed E-state index contributed by atoms with van der Waals surface area (Å²) in [6.07, 6.45) is 1.06. The van der Waals surface area contributed by atoms with Crippen LogP contribution in [0.1, 0.15) is 33.1 Å². The van der Waals surface area contributed by atoms with Gasteiger partial charge in [0.25, 0.3) is 0 Å². The monoisotopic (exact) mass is 272 g/mol. The third kappa shape index (κ3) is 7.96. The van der Waals surface area contributed by atoms with Gasteiger partial charge in [-0.15, -0.1) is 0 Å². The number of hydrogen-bond acceptors (Lipinski definition) is 6. The second-order valence-corrected chi connectivity index (χ2v) is 3.93. The fraction of sp³-hybridized carbons (Fsp3) is 0.615. The zero-order chi connectivity index (χ0) is 14.8. The molecule has 0 aliphatic carbocycles. The Morgan fingerprint density at radius 3 is 2.16 bits per heavy atom. The molecule has 0 aliphatic rings. The van der Waals surface area contributed by atoms with Crippen molar-refractivity contribution in [1.29, 1.82) is 0 Å². The summed E-state index contributed by atoms with van der Waals surface area (Å²) in [6, 6.07) is 0. The summed E-state index contributed by atoms with van der Waals surface area (Å²) in [5.74, 6) is -1.32. The Hall–Kier alpha value is -1.85. The van der Waals surface area contributed by atoms with Crippen LogP contribution in [-0.2, 0) is 28.6 Å². The molecule has 108 valence electrons. The van der Waals surface area contributed by atoms with Gasteiger partial charge in [0.1, 0.15) is 6.10 Å². The lowest BCUT2D eigenvalue weighted by molar-refractivity contribution is -0.162. The number of esters is 3. The van der Waals surface area contributed by atoms with Gasteiger partial charge in [0.15, 0.2) is 6.10 Å². The number of carbonyl (C=O) groups excluding carboxylic acids is 3. The Kier molecular flexibility index (Phi) is 8.24. The van der Waals surface area contributed by atoms with E-state index in [0.717, 1.165) is 0 Å². The first kappa shape index (κ1) is 17.2. The van der Waals surface area contributed by atoms with Crippen LogP contribution in [0.15, 0.2) is 12.7 Å². The number of hydrogen-bond donors (Lipinski definition) is 0. The zero-order valence-corrected chi connectivity index (χ0v) is 11.5. The lowest BCUT2D eigenvalue weighted by Gasteiger charge is -2.23. The largest absolute Gasteiger partial charge is 0.469 e. The predicted octanol–water partition coefficient (Wildman–Crippen LogP) is 1.38. The molecule has 0 bridgehead atoms. The minimum atomic E-state index is -0.723. The first-order valence-corrected chi connectivity index (χ1v) is 5.94. The van der Waals surface area contributed by atoms with E-state index in [-0.39, 0.29) is 12.4 Å². The SMILES string of the molecule is C=C[C@@H](OC(C)=O)[C@H](CCCC(=O)OC)OC(C)=O. The van der Waals surface area contributed by atoms with E-state index in [4.69, 9.17) is 9.47 Å². The molecule has 6 heteroatoms.